The quantitative estimate of drug-likeness (QED) is 0.781. The molecule has 2 bridgehead atoms. The fourth-order valence-electron chi connectivity index (χ4n) is 4.18. The topological polar surface area (TPSA) is 29.1 Å². The van der Waals surface area contributed by atoms with E-state index in [-0.39, 0.29) is 5.41 Å². The normalized spacial score (nSPS) is 38.0. The number of rotatable bonds is 2. The van der Waals surface area contributed by atoms with Crippen molar-refractivity contribution in [2.24, 2.45) is 11.3 Å². The SMILES string of the molecule is O=C(NC1CCCCC1)C12CCC(CC1)CC2. The van der Waals surface area contributed by atoms with Crippen LogP contribution in [0.5, 0.6) is 0 Å². The molecule has 96 valence electrons. The molecule has 4 saturated carbocycles. The Kier molecular flexibility index (Phi) is 3.14. The molecule has 4 aliphatic rings. The highest BCUT2D eigenvalue weighted by atomic mass is 16.2. The Morgan fingerprint density at radius 2 is 1.47 bits per heavy atom. The van der Waals surface area contributed by atoms with E-state index in [1.54, 1.807) is 0 Å². The number of nitrogens with one attached hydrogen (secondary N) is 1. The number of hydrogen-bond donors (Lipinski definition) is 1. The van der Waals surface area contributed by atoms with Crippen LogP contribution in [0.15, 0.2) is 0 Å². The van der Waals surface area contributed by atoms with Gasteiger partial charge in [0.15, 0.2) is 0 Å². The Morgan fingerprint density at radius 3 is 2.06 bits per heavy atom. The first kappa shape index (κ1) is 11.6. The second-order valence-electron chi connectivity index (χ2n) is 6.57. The van der Waals surface area contributed by atoms with Crippen LogP contribution in [0, 0.1) is 11.3 Å². The third-order valence-electron chi connectivity index (χ3n) is 5.52. The zero-order chi connectivity index (χ0) is 11.7. The first-order valence-electron chi connectivity index (χ1n) is 7.59. The summed E-state index contributed by atoms with van der Waals surface area (Å²) in [6.07, 6.45) is 13.8. The van der Waals surface area contributed by atoms with Gasteiger partial charge < -0.3 is 5.32 Å². The van der Waals surface area contributed by atoms with Crippen molar-refractivity contribution < 1.29 is 4.79 Å². The minimum Gasteiger partial charge on any atom is -0.353 e. The smallest absolute Gasteiger partial charge is 0.226 e. The average Bonchev–Trinajstić information content (AvgIpc) is 2.42. The number of hydrogen-bond acceptors (Lipinski definition) is 1. The minimum atomic E-state index is 0.0478. The average molecular weight is 235 g/mol. The van der Waals surface area contributed by atoms with Gasteiger partial charge in [0.2, 0.25) is 5.91 Å². The second kappa shape index (κ2) is 4.62. The Morgan fingerprint density at radius 1 is 0.882 bits per heavy atom. The highest BCUT2D eigenvalue weighted by molar-refractivity contribution is 5.83. The maximum Gasteiger partial charge on any atom is 0.226 e. The van der Waals surface area contributed by atoms with Crippen LogP contribution < -0.4 is 5.32 Å². The van der Waals surface area contributed by atoms with Crippen molar-refractivity contribution in [1.29, 1.82) is 0 Å². The molecule has 0 heterocycles. The standard InChI is InChI=1S/C15H25NO/c17-14(16-13-4-2-1-3-5-13)15-9-6-12(7-10-15)8-11-15/h12-13H,1-11H2,(H,16,17). The van der Waals surface area contributed by atoms with Crippen LogP contribution in [-0.2, 0) is 4.79 Å². The summed E-state index contributed by atoms with van der Waals surface area (Å²) in [6, 6.07) is 0.491. The molecule has 17 heavy (non-hydrogen) atoms. The Labute approximate surface area is 105 Å². The zero-order valence-electron chi connectivity index (χ0n) is 10.8. The summed E-state index contributed by atoms with van der Waals surface area (Å²) in [5.74, 6) is 1.35. The molecule has 4 fully saturated rings. The molecule has 0 spiro atoms. The summed E-state index contributed by atoms with van der Waals surface area (Å²) in [5.41, 5.74) is 0.0478. The summed E-state index contributed by atoms with van der Waals surface area (Å²) in [6.45, 7) is 0. The van der Waals surface area contributed by atoms with E-state index >= 15 is 0 Å². The predicted octanol–water partition coefficient (Wildman–Crippen LogP) is 3.41. The molecular weight excluding hydrogens is 210 g/mol. The molecule has 0 radical (unpaired) electrons. The van der Waals surface area contributed by atoms with Crippen molar-refractivity contribution in [2.75, 3.05) is 0 Å². The van der Waals surface area contributed by atoms with Gasteiger partial charge in [-0.1, -0.05) is 19.3 Å². The minimum absolute atomic E-state index is 0.0478. The van der Waals surface area contributed by atoms with Crippen LogP contribution >= 0.6 is 0 Å². The second-order valence-corrected chi connectivity index (χ2v) is 6.57. The molecule has 0 aromatic rings. The van der Waals surface area contributed by atoms with E-state index in [2.05, 4.69) is 5.32 Å². The van der Waals surface area contributed by atoms with E-state index in [0.29, 0.717) is 11.9 Å². The summed E-state index contributed by atoms with van der Waals surface area (Å²) >= 11 is 0. The van der Waals surface area contributed by atoms with E-state index in [1.165, 1.54) is 51.4 Å². The summed E-state index contributed by atoms with van der Waals surface area (Å²) in [5, 5.41) is 3.37. The van der Waals surface area contributed by atoms with Crippen LogP contribution in [-0.4, -0.2) is 11.9 Å². The fraction of sp³-hybridized carbons (Fsp3) is 0.933. The molecule has 2 heteroatoms. The van der Waals surface area contributed by atoms with Gasteiger partial charge in [-0.05, 0) is 57.3 Å². The Bertz CT molecular complexity index is 272. The largest absolute Gasteiger partial charge is 0.353 e. The van der Waals surface area contributed by atoms with Crippen LogP contribution in [0.25, 0.3) is 0 Å². The maximum atomic E-state index is 12.5. The van der Waals surface area contributed by atoms with Gasteiger partial charge in [0.25, 0.3) is 0 Å². The van der Waals surface area contributed by atoms with Crippen molar-refractivity contribution in [3.63, 3.8) is 0 Å². The van der Waals surface area contributed by atoms with Gasteiger partial charge in [-0.3, -0.25) is 4.79 Å². The molecule has 1 amide bonds. The molecule has 2 nitrogen and oxygen atoms in total. The van der Waals surface area contributed by atoms with Crippen molar-refractivity contribution >= 4 is 5.91 Å². The Balaban J connectivity index is 1.60. The van der Waals surface area contributed by atoms with E-state index in [0.717, 1.165) is 25.2 Å². The molecule has 0 aromatic carbocycles. The zero-order valence-corrected chi connectivity index (χ0v) is 10.8. The van der Waals surface area contributed by atoms with E-state index in [4.69, 9.17) is 0 Å². The third kappa shape index (κ3) is 2.23. The van der Waals surface area contributed by atoms with E-state index < -0.39 is 0 Å². The van der Waals surface area contributed by atoms with E-state index in [1.807, 2.05) is 0 Å². The maximum absolute atomic E-state index is 12.5. The lowest BCUT2D eigenvalue weighted by atomic mass is 9.60. The number of carbonyl (C=O) groups is 1. The fourth-order valence-corrected chi connectivity index (χ4v) is 4.18. The summed E-state index contributed by atoms with van der Waals surface area (Å²) in [7, 11) is 0. The van der Waals surface area contributed by atoms with Gasteiger partial charge in [-0.2, -0.15) is 0 Å². The highest BCUT2D eigenvalue weighted by Gasteiger charge is 2.46. The molecule has 4 aliphatic carbocycles. The van der Waals surface area contributed by atoms with Crippen LogP contribution in [0.1, 0.15) is 70.6 Å². The van der Waals surface area contributed by atoms with Crippen LogP contribution in [0.2, 0.25) is 0 Å². The van der Waals surface area contributed by atoms with Gasteiger partial charge in [0, 0.05) is 11.5 Å². The third-order valence-corrected chi connectivity index (χ3v) is 5.52. The first-order chi connectivity index (χ1) is 8.28. The van der Waals surface area contributed by atoms with Crippen molar-refractivity contribution in [2.45, 2.75) is 76.7 Å². The molecule has 0 saturated heterocycles. The highest BCUT2D eigenvalue weighted by Crippen LogP contribution is 2.50. The molecule has 0 unspecified atom stereocenters. The lowest BCUT2D eigenvalue weighted by Gasteiger charge is -2.45. The molecule has 0 atom stereocenters. The lowest BCUT2D eigenvalue weighted by molar-refractivity contribution is -0.138. The predicted molar refractivity (Wildman–Crippen MR) is 68.6 cm³/mol. The van der Waals surface area contributed by atoms with Gasteiger partial charge in [-0.25, -0.2) is 0 Å². The van der Waals surface area contributed by atoms with Gasteiger partial charge >= 0.3 is 0 Å². The Hall–Kier alpha value is -0.530. The summed E-state index contributed by atoms with van der Waals surface area (Å²) in [4.78, 5) is 12.5. The summed E-state index contributed by atoms with van der Waals surface area (Å²) < 4.78 is 0. The van der Waals surface area contributed by atoms with Crippen molar-refractivity contribution in [3.05, 3.63) is 0 Å². The van der Waals surface area contributed by atoms with Gasteiger partial charge in [-0.15, -0.1) is 0 Å². The number of amides is 1. The van der Waals surface area contributed by atoms with Crippen molar-refractivity contribution in [3.8, 4) is 0 Å². The number of carbonyl (C=O) groups excluding carboxylic acids is 1. The number of fused-ring (bicyclic) bond motifs is 3. The van der Waals surface area contributed by atoms with Crippen LogP contribution in [0.3, 0.4) is 0 Å². The van der Waals surface area contributed by atoms with Gasteiger partial charge in [0.05, 0.1) is 0 Å². The van der Waals surface area contributed by atoms with Crippen LogP contribution in [0.4, 0.5) is 0 Å². The lowest BCUT2D eigenvalue weighted by Crippen LogP contribution is -2.50. The molecule has 4 rings (SSSR count). The van der Waals surface area contributed by atoms with E-state index in [9.17, 15) is 4.79 Å². The van der Waals surface area contributed by atoms with Gasteiger partial charge in [0.1, 0.15) is 0 Å². The molecule has 0 aliphatic heterocycles. The molecule has 1 N–H and O–H groups in total. The molecular formula is C15H25NO. The van der Waals surface area contributed by atoms with Crippen molar-refractivity contribution in [1.82, 2.24) is 5.32 Å². The first-order valence-corrected chi connectivity index (χ1v) is 7.59. The monoisotopic (exact) mass is 235 g/mol. The molecule has 0 aromatic heterocycles.